The van der Waals surface area contributed by atoms with Crippen LogP contribution in [0.15, 0.2) is 28.0 Å². The number of nitrogens with zero attached hydrogens (tertiary/aromatic N) is 5. The molecule has 27 heavy (non-hydrogen) atoms. The van der Waals surface area contributed by atoms with Crippen LogP contribution >= 0.6 is 0 Å². The average molecular weight is 374 g/mol. The molecule has 3 heterocycles. The first kappa shape index (κ1) is 19.4. The first-order chi connectivity index (χ1) is 13.1. The van der Waals surface area contributed by atoms with Gasteiger partial charge in [-0.25, -0.2) is 0 Å². The first-order valence-corrected chi connectivity index (χ1v) is 9.65. The minimum atomic E-state index is -0.00208. The molecule has 8 heteroatoms. The van der Waals surface area contributed by atoms with E-state index in [1.807, 2.05) is 19.4 Å². The number of rotatable bonds is 6. The lowest BCUT2D eigenvalue weighted by Gasteiger charge is -2.34. The summed E-state index contributed by atoms with van der Waals surface area (Å²) in [7, 11) is 3.71. The lowest BCUT2D eigenvalue weighted by molar-refractivity contribution is -0.00808. The molecule has 148 valence electrons. The molecular formula is C19H30N6O2. The fourth-order valence-corrected chi connectivity index (χ4v) is 3.46. The van der Waals surface area contributed by atoms with Crippen molar-refractivity contribution >= 4 is 5.96 Å². The SMILES string of the molecule is CCC(CC)c1cc(CNC(=NC)N2CCOC(c3cnn(C)c3)C2)on1. The Kier molecular flexibility index (Phi) is 6.49. The number of ether oxygens (including phenoxy) is 1. The molecule has 1 N–H and O–H groups in total. The predicted octanol–water partition coefficient (Wildman–Crippen LogP) is 2.46. The smallest absolute Gasteiger partial charge is 0.194 e. The zero-order valence-corrected chi connectivity index (χ0v) is 16.7. The summed E-state index contributed by atoms with van der Waals surface area (Å²) < 4.78 is 13.2. The van der Waals surface area contributed by atoms with Crippen molar-refractivity contribution in [3.63, 3.8) is 0 Å². The third-order valence-corrected chi connectivity index (χ3v) is 5.08. The summed E-state index contributed by atoms with van der Waals surface area (Å²) >= 11 is 0. The molecule has 0 amide bonds. The van der Waals surface area contributed by atoms with Crippen LogP contribution in [-0.2, 0) is 18.3 Å². The van der Waals surface area contributed by atoms with Crippen molar-refractivity contribution in [2.75, 3.05) is 26.7 Å². The largest absolute Gasteiger partial charge is 0.370 e. The van der Waals surface area contributed by atoms with Crippen molar-refractivity contribution < 1.29 is 9.26 Å². The molecule has 2 aromatic rings. The van der Waals surface area contributed by atoms with Crippen molar-refractivity contribution in [3.05, 3.63) is 35.5 Å². The quantitative estimate of drug-likeness (QED) is 0.618. The summed E-state index contributed by atoms with van der Waals surface area (Å²) in [6, 6.07) is 2.05. The van der Waals surface area contributed by atoms with E-state index < -0.39 is 0 Å². The van der Waals surface area contributed by atoms with E-state index in [4.69, 9.17) is 9.26 Å². The van der Waals surface area contributed by atoms with Crippen molar-refractivity contribution in [1.29, 1.82) is 0 Å². The maximum absolute atomic E-state index is 5.91. The zero-order chi connectivity index (χ0) is 19.2. The molecule has 1 atom stereocenters. The lowest BCUT2D eigenvalue weighted by Crippen LogP contribution is -2.47. The van der Waals surface area contributed by atoms with Gasteiger partial charge in [-0.15, -0.1) is 0 Å². The van der Waals surface area contributed by atoms with E-state index in [9.17, 15) is 0 Å². The van der Waals surface area contributed by atoms with Crippen LogP contribution in [0.25, 0.3) is 0 Å². The van der Waals surface area contributed by atoms with Crippen LogP contribution in [0.2, 0.25) is 0 Å². The molecule has 1 fully saturated rings. The van der Waals surface area contributed by atoms with Gasteiger partial charge in [-0.2, -0.15) is 5.10 Å². The minimum Gasteiger partial charge on any atom is -0.370 e. The molecule has 0 spiro atoms. The van der Waals surface area contributed by atoms with Gasteiger partial charge in [0.2, 0.25) is 0 Å². The van der Waals surface area contributed by atoms with Crippen LogP contribution in [0.3, 0.4) is 0 Å². The van der Waals surface area contributed by atoms with Crippen LogP contribution < -0.4 is 5.32 Å². The third-order valence-electron chi connectivity index (χ3n) is 5.08. The number of aryl methyl sites for hydroxylation is 1. The molecule has 1 saturated heterocycles. The number of guanidine groups is 1. The van der Waals surface area contributed by atoms with Crippen molar-refractivity contribution in [1.82, 2.24) is 25.2 Å². The Balaban J connectivity index is 1.59. The number of hydrogen-bond donors (Lipinski definition) is 1. The maximum atomic E-state index is 5.91. The normalized spacial score (nSPS) is 18.3. The fourth-order valence-electron chi connectivity index (χ4n) is 3.46. The molecule has 0 saturated carbocycles. The van der Waals surface area contributed by atoms with Gasteiger partial charge >= 0.3 is 0 Å². The summed E-state index contributed by atoms with van der Waals surface area (Å²) in [6.07, 6.45) is 6.00. The number of nitrogens with one attached hydrogen (secondary N) is 1. The molecule has 0 bridgehead atoms. The topological polar surface area (TPSA) is 80.7 Å². The van der Waals surface area contributed by atoms with Crippen molar-refractivity contribution in [3.8, 4) is 0 Å². The monoisotopic (exact) mass is 374 g/mol. The second-order valence-corrected chi connectivity index (χ2v) is 6.89. The summed E-state index contributed by atoms with van der Waals surface area (Å²) in [5, 5.41) is 11.9. The highest BCUT2D eigenvalue weighted by Crippen LogP contribution is 2.23. The Morgan fingerprint density at radius 1 is 1.41 bits per heavy atom. The Hall–Kier alpha value is -2.35. The van der Waals surface area contributed by atoms with Crippen LogP contribution in [0.4, 0.5) is 0 Å². The summed E-state index contributed by atoms with van der Waals surface area (Å²) in [5.41, 5.74) is 2.12. The maximum Gasteiger partial charge on any atom is 0.194 e. The predicted molar refractivity (Wildman–Crippen MR) is 103 cm³/mol. The summed E-state index contributed by atoms with van der Waals surface area (Å²) in [6.45, 7) is 7.11. The highest BCUT2D eigenvalue weighted by Gasteiger charge is 2.25. The molecule has 0 radical (unpaired) electrons. The average Bonchev–Trinajstić information content (AvgIpc) is 3.33. The van der Waals surface area contributed by atoms with E-state index in [1.54, 1.807) is 11.7 Å². The van der Waals surface area contributed by atoms with E-state index in [0.717, 1.165) is 48.9 Å². The molecule has 3 rings (SSSR count). The standard InChI is InChI=1S/C19H30N6O2/c1-5-14(6-2)17-9-16(27-23-17)11-21-19(20-3)25-7-8-26-18(13-25)15-10-22-24(4)12-15/h9-10,12,14,18H,5-8,11,13H2,1-4H3,(H,20,21). The number of hydrogen-bond acceptors (Lipinski definition) is 5. The number of aromatic nitrogens is 3. The van der Waals surface area contributed by atoms with Gasteiger partial charge < -0.3 is 19.5 Å². The molecule has 2 aromatic heterocycles. The number of morpholine rings is 1. The van der Waals surface area contributed by atoms with Gasteiger partial charge in [0.15, 0.2) is 11.7 Å². The van der Waals surface area contributed by atoms with Gasteiger partial charge in [-0.05, 0) is 12.8 Å². The Labute approximate surface area is 160 Å². The fraction of sp³-hybridized carbons (Fsp3) is 0.632. The lowest BCUT2D eigenvalue weighted by atomic mass is 9.99. The van der Waals surface area contributed by atoms with E-state index in [2.05, 4.69) is 45.4 Å². The van der Waals surface area contributed by atoms with Gasteiger partial charge in [0.1, 0.15) is 6.10 Å². The van der Waals surface area contributed by atoms with Crippen LogP contribution in [0.1, 0.15) is 55.7 Å². The van der Waals surface area contributed by atoms with Gasteiger partial charge in [-0.3, -0.25) is 9.67 Å². The second-order valence-electron chi connectivity index (χ2n) is 6.89. The molecule has 1 aliphatic heterocycles. The van der Waals surface area contributed by atoms with Crippen molar-refractivity contribution in [2.45, 2.75) is 45.3 Å². The second kappa shape index (κ2) is 9.03. The molecule has 1 aliphatic rings. The van der Waals surface area contributed by atoms with E-state index in [1.165, 1.54) is 0 Å². The molecule has 8 nitrogen and oxygen atoms in total. The van der Waals surface area contributed by atoms with Gasteiger partial charge in [0, 0.05) is 44.4 Å². The summed E-state index contributed by atoms with van der Waals surface area (Å²) in [4.78, 5) is 6.64. The first-order valence-electron chi connectivity index (χ1n) is 9.65. The van der Waals surface area contributed by atoms with Gasteiger partial charge in [-0.1, -0.05) is 19.0 Å². The minimum absolute atomic E-state index is 0.00208. The van der Waals surface area contributed by atoms with Crippen LogP contribution in [0.5, 0.6) is 0 Å². The molecular weight excluding hydrogens is 344 g/mol. The van der Waals surface area contributed by atoms with E-state index in [0.29, 0.717) is 19.1 Å². The van der Waals surface area contributed by atoms with Gasteiger partial charge in [0.05, 0.1) is 31.6 Å². The number of aliphatic imine (C=N–C) groups is 1. The Morgan fingerprint density at radius 3 is 2.89 bits per heavy atom. The van der Waals surface area contributed by atoms with Gasteiger partial charge in [0.25, 0.3) is 0 Å². The Bertz CT molecular complexity index is 749. The third kappa shape index (κ3) is 4.68. The Morgan fingerprint density at radius 2 is 2.22 bits per heavy atom. The summed E-state index contributed by atoms with van der Waals surface area (Å²) in [5.74, 6) is 2.13. The highest BCUT2D eigenvalue weighted by atomic mass is 16.5. The molecule has 0 aromatic carbocycles. The zero-order valence-electron chi connectivity index (χ0n) is 16.7. The van der Waals surface area contributed by atoms with E-state index in [-0.39, 0.29) is 6.10 Å². The molecule has 1 unspecified atom stereocenters. The highest BCUT2D eigenvalue weighted by molar-refractivity contribution is 5.80. The van der Waals surface area contributed by atoms with Crippen LogP contribution in [-0.4, -0.2) is 52.5 Å². The molecule has 0 aliphatic carbocycles. The van der Waals surface area contributed by atoms with E-state index >= 15 is 0 Å². The van der Waals surface area contributed by atoms with Crippen molar-refractivity contribution in [2.24, 2.45) is 12.0 Å². The van der Waals surface area contributed by atoms with Crippen LogP contribution in [0, 0.1) is 0 Å².